The molecule has 1 atom stereocenters. The van der Waals surface area contributed by atoms with Crippen LogP contribution in [0.2, 0.25) is 0 Å². The molecule has 1 saturated heterocycles. The third kappa shape index (κ3) is 4.82. The van der Waals surface area contributed by atoms with Crippen LogP contribution >= 0.6 is 12.4 Å². The number of fused-ring (bicyclic) bond motifs is 1. The lowest BCUT2D eigenvalue weighted by Gasteiger charge is -2.36. The second-order valence-electron chi connectivity index (χ2n) is 7.87. The van der Waals surface area contributed by atoms with Gasteiger partial charge >= 0.3 is 0 Å². The molecule has 156 valence electrons. The number of nitrogens with zero attached hydrogens (tertiary/aromatic N) is 3. The van der Waals surface area contributed by atoms with Crippen LogP contribution in [0.3, 0.4) is 0 Å². The van der Waals surface area contributed by atoms with Gasteiger partial charge in [-0.25, -0.2) is 4.98 Å². The Morgan fingerprint density at radius 1 is 1.25 bits per heavy atom. The lowest BCUT2D eigenvalue weighted by atomic mass is 10.0. The molecule has 3 heterocycles. The van der Waals surface area contributed by atoms with Crippen LogP contribution in [-0.4, -0.2) is 59.8 Å². The summed E-state index contributed by atoms with van der Waals surface area (Å²) in [5, 5.41) is 7.83. The van der Waals surface area contributed by atoms with E-state index in [1.54, 1.807) is 0 Å². The first-order valence-electron chi connectivity index (χ1n) is 9.75. The van der Waals surface area contributed by atoms with Gasteiger partial charge in [-0.3, -0.25) is 9.69 Å². The number of ether oxygens (including phenoxy) is 1. The molecular weight excluding hydrogens is 380 g/mol. The lowest BCUT2D eigenvalue weighted by Crippen LogP contribution is -2.51. The van der Waals surface area contributed by atoms with E-state index in [4.69, 9.17) is 9.26 Å². The van der Waals surface area contributed by atoms with Crippen LogP contribution in [0.15, 0.2) is 10.6 Å². The maximum atomic E-state index is 13.0. The Labute approximate surface area is 172 Å². The summed E-state index contributed by atoms with van der Waals surface area (Å²) in [6.45, 7) is 14.2. The number of halogens is 1. The smallest absolute Gasteiger partial charge is 0.259 e. The number of rotatable bonds is 6. The summed E-state index contributed by atoms with van der Waals surface area (Å²) < 4.78 is 10.8. The summed E-state index contributed by atoms with van der Waals surface area (Å²) in [6, 6.07) is 2.15. The van der Waals surface area contributed by atoms with E-state index in [1.165, 1.54) is 0 Å². The molecule has 1 unspecified atom stereocenters. The molecule has 3 rings (SSSR count). The zero-order chi connectivity index (χ0) is 19.6. The molecule has 1 fully saturated rings. The number of aryl methyl sites for hydroxylation is 1. The Morgan fingerprint density at radius 3 is 2.54 bits per heavy atom. The van der Waals surface area contributed by atoms with Crippen LogP contribution in [0.25, 0.3) is 11.1 Å². The minimum atomic E-state index is -0.102. The Bertz CT molecular complexity index is 800. The average Bonchev–Trinajstić information content (AvgIpc) is 3.02. The van der Waals surface area contributed by atoms with E-state index in [9.17, 15) is 4.79 Å². The Morgan fingerprint density at radius 2 is 1.93 bits per heavy atom. The molecule has 28 heavy (non-hydrogen) atoms. The highest BCUT2D eigenvalue weighted by Gasteiger charge is 2.25. The molecule has 1 N–H and O–H groups in total. The largest absolute Gasteiger partial charge is 0.379 e. The number of morpholine rings is 1. The molecule has 1 aliphatic heterocycles. The number of amides is 1. The Hall–Kier alpha value is -1.70. The number of carbonyl (C=O) groups excluding carboxylic acids is 1. The summed E-state index contributed by atoms with van der Waals surface area (Å²) in [7, 11) is 0. The molecule has 8 heteroatoms. The third-order valence-corrected chi connectivity index (χ3v) is 5.23. The predicted molar refractivity (Wildman–Crippen MR) is 111 cm³/mol. The molecule has 0 saturated carbocycles. The highest BCUT2D eigenvalue weighted by Crippen LogP contribution is 2.25. The molecular formula is C20H31ClN4O3. The SMILES string of the molecule is Cc1noc2nc(C(C)C)cc(C(=O)NCC(C(C)C)N3CCOCC3)c12.Cl. The minimum absolute atomic E-state index is 0. The van der Waals surface area contributed by atoms with Crippen molar-refractivity contribution in [2.45, 2.75) is 46.6 Å². The standard InChI is InChI=1S/C20H30N4O3.ClH/c1-12(2)16-10-15(18-14(5)23-27-20(18)22-16)19(25)21-11-17(13(3)4)24-6-8-26-9-7-24;/h10,12-13,17H,6-9,11H2,1-5H3,(H,21,25);1H. The Balaban J connectivity index is 0.00000280. The van der Waals surface area contributed by atoms with Crippen LogP contribution in [0.4, 0.5) is 0 Å². The zero-order valence-electron chi connectivity index (χ0n) is 17.3. The maximum Gasteiger partial charge on any atom is 0.259 e. The van der Waals surface area contributed by atoms with Crippen molar-refractivity contribution in [2.24, 2.45) is 5.92 Å². The van der Waals surface area contributed by atoms with E-state index in [1.807, 2.05) is 26.8 Å². The van der Waals surface area contributed by atoms with Crippen LogP contribution < -0.4 is 5.32 Å². The van der Waals surface area contributed by atoms with Crippen molar-refractivity contribution in [2.75, 3.05) is 32.8 Å². The van der Waals surface area contributed by atoms with Crippen molar-refractivity contribution in [1.29, 1.82) is 0 Å². The van der Waals surface area contributed by atoms with Gasteiger partial charge in [0.1, 0.15) is 0 Å². The van der Waals surface area contributed by atoms with E-state index in [2.05, 4.69) is 34.2 Å². The molecule has 1 aliphatic rings. The highest BCUT2D eigenvalue weighted by molar-refractivity contribution is 6.06. The number of aromatic nitrogens is 2. The van der Waals surface area contributed by atoms with Gasteiger partial charge in [0.15, 0.2) is 0 Å². The molecule has 2 aromatic heterocycles. The van der Waals surface area contributed by atoms with Gasteiger partial charge in [-0.15, -0.1) is 12.4 Å². The topological polar surface area (TPSA) is 80.5 Å². The first-order chi connectivity index (χ1) is 12.9. The molecule has 7 nitrogen and oxygen atoms in total. The van der Waals surface area contributed by atoms with Gasteiger partial charge in [0.05, 0.1) is 29.9 Å². The van der Waals surface area contributed by atoms with Crippen LogP contribution in [-0.2, 0) is 4.74 Å². The van der Waals surface area contributed by atoms with Gasteiger partial charge in [0.25, 0.3) is 11.6 Å². The van der Waals surface area contributed by atoms with Crippen LogP contribution in [0.1, 0.15) is 55.4 Å². The van der Waals surface area contributed by atoms with Gasteiger partial charge < -0.3 is 14.6 Å². The summed E-state index contributed by atoms with van der Waals surface area (Å²) in [5.41, 5.74) is 2.54. The molecule has 0 aromatic carbocycles. The number of nitrogens with one attached hydrogen (secondary N) is 1. The van der Waals surface area contributed by atoms with E-state index in [0.717, 1.165) is 32.0 Å². The predicted octanol–water partition coefficient (Wildman–Crippen LogP) is 3.16. The van der Waals surface area contributed by atoms with Gasteiger partial charge in [0, 0.05) is 31.4 Å². The molecule has 0 bridgehead atoms. The summed E-state index contributed by atoms with van der Waals surface area (Å²) >= 11 is 0. The summed E-state index contributed by atoms with van der Waals surface area (Å²) in [4.78, 5) is 19.9. The fraction of sp³-hybridized carbons (Fsp3) is 0.650. The molecule has 0 aliphatic carbocycles. The van der Waals surface area contributed by atoms with Gasteiger partial charge in [-0.1, -0.05) is 32.9 Å². The fourth-order valence-electron chi connectivity index (χ4n) is 3.58. The minimum Gasteiger partial charge on any atom is -0.379 e. The van der Waals surface area contributed by atoms with Crippen molar-refractivity contribution in [3.8, 4) is 0 Å². The van der Waals surface area contributed by atoms with E-state index >= 15 is 0 Å². The second kappa shape index (κ2) is 9.67. The van der Waals surface area contributed by atoms with E-state index in [-0.39, 0.29) is 30.3 Å². The van der Waals surface area contributed by atoms with Gasteiger partial charge in [-0.2, -0.15) is 0 Å². The number of pyridine rings is 1. The van der Waals surface area contributed by atoms with Crippen molar-refractivity contribution < 1.29 is 14.1 Å². The number of hydrogen-bond donors (Lipinski definition) is 1. The van der Waals surface area contributed by atoms with Crippen molar-refractivity contribution in [1.82, 2.24) is 20.4 Å². The summed E-state index contributed by atoms with van der Waals surface area (Å²) in [5.74, 6) is 0.530. The first-order valence-corrected chi connectivity index (χ1v) is 9.75. The second-order valence-corrected chi connectivity index (χ2v) is 7.87. The highest BCUT2D eigenvalue weighted by atomic mass is 35.5. The van der Waals surface area contributed by atoms with E-state index < -0.39 is 0 Å². The molecule has 0 radical (unpaired) electrons. The maximum absolute atomic E-state index is 13.0. The normalized spacial score (nSPS) is 16.4. The van der Waals surface area contributed by atoms with Crippen molar-refractivity contribution >= 4 is 29.4 Å². The summed E-state index contributed by atoms with van der Waals surface area (Å²) in [6.07, 6.45) is 0. The van der Waals surface area contributed by atoms with Crippen molar-refractivity contribution in [3.63, 3.8) is 0 Å². The quantitative estimate of drug-likeness (QED) is 0.787. The van der Waals surface area contributed by atoms with Crippen LogP contribution in [0, 0.1) is 12.8 Å². The third-order valence-electron chi connectivity index (χ3n) is 5.23. The average molecular weight is 411 g/mol. The molecule has 2 aromatic rings. The number of carbonyl (C=O) groups is 1. The monoisotopic (exact) mass is 410 g/mol. The lowest BCUT2D eigenvalue weighted by molar-refractivity contribution is 0.00673. The van der Waals surface area contributed by atoms with Crippen molar-refractivity contribution in [3.05, 3.63) is 23.0 Å². The number of hydrogen-bond acceptors (Lipinski definition) is 6. The molecule has 0 spiro atoms. The molecule has 1 amide bonds. The van der Waals surface area contributed by atoms with E-state index in [0.29, 0.717) is 34.8 Å². The van der Waals surface area contributed by atoms with Gasteiger partial charge in [0.2, 0.25) is 0 Å². The first kappa shape index (κ1) is 22.6. The van der Waals surface area contributed by atoms with Gasteiger partial charge in [-0.05, 0) is 24.8 Å². The zero-order valence-corrected chi connectivity index (χ0v) is 18.1. The Kier molecular flexibility index (Phi) is 7.80. The fourth-order valence-corrected chi connectivity index (χ4v) is 3.58. The van der Waals surface area contributed by atoms with Crippen LogP contribution in [0.5, 0.6) is 0 Å².